The molecular weight excluding hydrogens is 291 g/mol. The number of rotatable bonds is 3. The molecule has 0 aromatic heterocycles. The van der Waals surface area contributed by atoms with Crippen LogP contribution in [0.1, 0.15) is 39.5 Å². The van der Waals surface area contributed by atoms with Crippen LogP contribution in [0.4, 0.5) is 10.1 Å². The molecule has 1 fully saturated rings. The molecule has 1 aliphatic rings. The average Bonchev–Trinajstić information content (AvgIpc) is 2.41. The Bertz CT molecular complexity index is 619. The minimum Gasteiger partial charge on any atom is -0.396 e. The number of benzene rings is 1. The lowest BCUT2D eigenvalue weighted by molar-refractivity contribution is 0.174. The number of sulfonamides is 1. The highest BCUT2D eigenvalue weighted by molar-refractivity contribution is 7.89. The van der Waals surface area contributed by atoms with Crippen molar-refractivity contribution in [2.24, 2.45) is 5.41 Å². The highest BCUT2D eigenvalue weighted by Crippen LogP contribution is 2.37. The molecular formula is C15H23FN2O2S. The van der Waals surface area contributed by atoms with Crippen molar-refractivity contribution in [3.05, 3.63) is 24.0 Å². The van der Waals surface area contributed by atoms with Crippen LogP contribution in [0.3, 0.4) is 0 Å². The second kappa shape index (κ2) is 5.57. The van der Waals surface area contributed by atoms with Gasteiger partial charge in [0.1, 0.15) is 5.82 Å². The van der Waals surface area contributed by atoms with Crippen LogP contribution >= 0.6 is 0 Å². The summed E-state index contributed by atoms with van der Waals surface area (Å²) in [4.78, 5) is -0.0402. The first-order valence-electron chi connectivity index (χ1n) is 7.16. The zero-order chi connectivity index (χ0) is 15.8. The van der Waals surface area contributed by atoms with E-state index in [0.717, 1.165) is 31.7 Å². The van der Waals surface area contributed by atoms with E-state index in [1.165, 1.54) is 16.4 Å². The lowest BCUT2D eigenvalue weighted by Crippen LogP contribution is -2.40. The van der Waals surface area contributed by atoms with Gasteiger partial charge in [0.15, 0.2) is 0 Å². The Labute approximate surface area is 126 Å². The largest absolute Gasteiger partial charge is 0.396 e. The highest BCUT2D eigenvalue weighted by atomic mass is 32.2. The summed E-state index contributed by atoms with van der Waals surface area (Å²) in [6, 6.07) is 3.62. The van der Waals surface area contributed by atoms with Crippen molar-refractivity contribution < 1.29 is 12.8 Å². The third-order valence-electron chi connectivity index (χ3n) is 4.47. The van der Waals surface area contributed by atoms with Crippen LogP contribution in [-0.4, -0.2) is 25.8 Å². The van der Waals surface area contributed by atoms with Gasteiger partial charge in [0.25, 0.3) is 0 Å². The van der Waals surface area contributed by atoms with Crippen molar-refractivity contribution in [1.82, 2.24) is 4.31 Å². The summed E-state index contributed by atoms with van der Waals surface area (Å²) in [5.41, 5.74) is 5.62. The molecule has 1 aromatic rings. The Morgan fingerprint density at radius 2 is 1.86 bits per heavy atom. The number of nitrogens with zero attached hydrogens (tertiary/aromatic N) is 1. The summed E-state index contributed by atoms with van der Waals surface area (Å²) in [5.74, 6) is -0.700. The molecule has 0 atom stereocenters. The number of anilines is 1. The minimum atomic E-state index is -3.68. The fourth-order valence-corrected chi connectivity index (χ4v) is 4.21. The van der Waals surface area contributed by atoms with Crippen molar-refractivity contribution in [3.8, 4) is 0 Å². The van der Waals surface area contributed by atoms with Gasteiger partial charge in [-0.1, -0.05) is 13.8 Å². The molecule has 0 spiro atoms. The Hall–Kier alpha value is -1.14. The maximum absolute atomic E-state index is 13.5. The topological polar surface area (TPSA) is 63.4 Å². The van der Waals surface area contributed by atoms with E-state index in [2.05, 4.69) is 13.8 Å². The number of halogens is 1. The summed E-state index contributed by atoms with van der Waals surface area (Å²) in [5, 5.41) is 0. The maximum Gasteiger partial charge on any atom is 0.243 e. The third-order valence-corrected chi connectivity index (χ3v) is 6.38. The van der Waals surface area contributed by atoms with Crippen LogP contribution in [0.25, 0.3) is 0 Å². The lowest BCUT2D eigenvalue weighted by Gasteiger charge is -2.38. The van der Waals surface area contributed by atoms with Gasteiger partial charge in [0.05, 0.1) is 10.6 Å². The quantitative estimate of drug-likeness (QED) is 0.872. The van der Waals surface area contributed by atoms with E-state index in [0.29, 0.717) is 0 Å². The standard InChI is InChI=1S/C15H23FN2O2S/c1-15(2)8-6-11(7-9-15)18(3)21(19,20)12-4-5-14(17)13(16)10-12/h4-5,10-11H,6-9,17H2,1-3H3. The molecule has 0 unspecified atom stereocenters. The minimum absolute atomic E-state index is 0.0244. The van der Waals surface area contributed by atoms with E-state index in [1.807, 2.05) is 0 Å². The summed E-state index contributed by atoms with van der Waals surface area (Å²) >= 11 is 0. The Morgan fingerprint density at radius 1 is 1.29 bits per heavy atom. The van der Waals surface area contributed by atoms with Crippen molar-refractivity contribution in [2.75, 3.05) is 12.8 Å². The third kappa shape index (κ3) is 3.37. The SMILES string of the molecule is CN(C1CCC(C)(C)CC1)S(=O)(=O)c1ccc(N)c(F)c1. The summed E-state index contributed by atoms with van der Waals surface area (Å²) in [6.45, 7) is 4.40. The highest BCUT2D eigenvalue weighted by Gasteiger charge is 2.34. The van der Waals surface area contributed by atoms with Gasteiger partial charge in [0, 0.05) is 13.1 Å². The van der Waals surface area contributed by atoms with Crippen LogP contribution in [0, 0.1) is 11.2 Å². The molecule has 1 aromatic carbocycles. The van der Waals surface area contributed by atoms with Gasteiger partial charge in [-0.05, 0) is 49.3 Å². The van der Waals surface area contributed by atoms with Crippen molar-refractivity contribution in [1.29, 1.82) is 0 Å². The van der Waals surface area contributed by atoms with Crippen LogP contribution in [-0.2, 0) is 10.0 Å². The molecule has 0 saturated heterocycles. The van der Waals surface area contributed by atoms with Crippen LogP contribution in [0.2, 0.25) is 0 Å². The van der Waals surface area contributed by atoms with E-state index >= 15 is 0 Å². The Kier molecular flexibility index (Phi) is 4.31. The van der Waals surface area contributed by atoms with Crippen molar-refractivity contribution in [2.45, 2.75) is 50.5 Å². The second-order valence-electron chi connectivity index (χ2n) is 6.60. The second-order valence-corrected chi connectivity index (χ2v) is 8.60. The van der Waals surface area contributed by atoms with E-state index in [4.69, 9.17) is 5.73 Å². The van der Waals surface area contributed by atoms with Gasteiger partial charge < -0.3 is 5.73 Å². The van der Waals surface area contributed by atoms with Gasteiger partial charge in [0.2, 0.25) is 10.0 Å². The molecule has 0 bridgehead atoms. The molecule has 1 aliphatic carbocycles. The van der Waals surface area contributed by atoms with Gasteiger partial charge >= 0.3 is 0 Å². The first-order valence-corrected chi connectivity index (χ1v) is 8.60. The monoisotopic (exact) mass is 314 g/mol. The van der Waals surface area contributed by atoms with Gasteiger partial charge in [-0.15, -0.1) is 0 Å². The molecule has 0 amide bonds. The Morgan fingerprint density at radius 3 is 2.38 bits per heavy atom. The van der Waals surface area contributed by atoms with Gasteiger partial charge in [-0.3, -0.25) is 0 Å². The predicted octanol–water partition coefficient (Wildman–Crippen LogP) is 3.00. The smallest absolute Gasteiger partial charge is 0.243 e. The molecule has 1 saturated carbocycles. The van der Waals surface area contributed by atoms with E-state index in [-0.39, 0.29) is 22.0 Å². The van der Waals surface area contributed by atoms with Crippen LogP contribution in [0.5, 0.6) is 0 Å². The lowest BCUT2D eigenvalue weighted by atomic mass is 9.76. The zero-order valence-corrected chi connectivity index (χ0v) is 13.6. The number of nitrogen functional groups attached to an aromatic ring is 1. The summed E-state index contributed by atoms with van der Waals surface area (Å²) < 4.78 is 40.0. The molecule has 118 valence electrons. The molecule has 0 heterocycles. The van der Waals surface area contributed by atoms with Gasteiger partial charge in [-0.25, -0.2) is 12.8 Å². The molecule has 6 heteroatoms. The molecule has 0 radical (unpaired) electrons. The van der Waals surface area contributed by atoms with Crippen LogP contribution in [0.15, 0.2) is 23.1 Å². The number of nitrogens with two attached hydrogens (primary N) is 1. The van der Waals surface area contributed by atoms with Crippen molar-refractivity contribution in [3.63, 3.8) is 0 Å². The van der Waals surface area contributed by atoms with Crippen molar-refractivity contribution >= 4 is 15.7 Å². The summed E-state index contributed by atoms with van der Waals surface area (Å²) in [7, 11) is -2.10. The predicted molar refractivity (Wildman–Crippen MR) is 81.8 cm³/mol. The average molecular weight is 314 g/mol. The fraction of sp³-hybridized carbons (Fsp3) is 0.600. The van der Waals surface area contributed by atoms with E-state index < -0.39 is 15.8 Å². The summed E-state index contributed by atoms with van der Waals surface area (Å²) in [6.07, 6.45) is 3.65. The molecule has 2 N–H and O–H groups in total. The number of hydrogen-bond donors (Lipinski definition) is 1. The first-order chi connectivity index (χ1) is 9.63. The fourth-order valence-electron chi connectivity index (χ4n) is 2.78. The van der Waals surface area contributed by atoms with Crippen LogP contribution < -0.4 is 5.73 Å². The normalized spacial score (nSPS) is 19.9. The van der Waals surface area contributed by atoms with E-state index in [9.17, 15) is 12.8 Å². The zero-order valence-electron chi connectivity index (χ0n) is 12.8. The molecule has 4 nitrogen and oxygen atoms in total. The van der Waals surface area contributed by atoms with E-state index in [1.54, 1.807) is 7.05 Å². The molecule has 21 heavy (non-hydrogen) atoms. The molecule has 0 aliphatic heterocycles. The first kappa shape index (κ1) is 16.2. The maximum atomic E-state index is 13.5. The molecule has 2 rings (SSSR count). The number of hydrogen-bond acceptors (Lipinski definition) is 3. The van der Waals surface area contributed by atoms with Gasteiger partial charge in [-0.2, -0.15) is 4.31 Å². The Balaban J connectivity index is 2.21.